The highest BCUT2D eigenvalue weighted by atomic mass is 35.5. The number of hydrogen-bond donors (Lipinski definition) is 2. The van der Waals surface area contributed by atoms with Crippen LogP contribution in [0.4, 0.5) is 5.69 Å². The second kappa shape index (κ2) is 9.59. The van der Waals surface area contributed by atoms with E-state index in [9.17, 15) is 9.90 Å². The zero-order valence-electron chi connectivity index (χ0n) is 15.7. The molecule has 1 atom stereocenters. The van der Waals surface area contributed by atoms with E-state index in [1.54, 1.807) is 30.3 Å². The number of benzene rings is 2. The number of anilines is 1. The lowest BCUT2D eigenvalue weighted by molar-refractivity contribution is 0.0575. The molecule has 2 N–H and O–H groups in total. The van der Waals surface area contributed by atoms with E-state index in [-0.39, 0.29) is 18.6 Å². The van der Waals surface area contributed by atoms with E-state index in [1.165, 1.54) is 0 Å². The quantitative estimate of drug-likeness (QED) is 0.765. The zero-order valence-corrected chi connectivity index (χ0v) is 16.5. The predicted octanol–water partition coefficient (Wildman–Crippen LogP) is 4.20. The van der Waals surface area contributed by atoms with Crippen LogP contribution < -0.4 is 5.32 Å². The number of nitrogens with zero attached hydrogens (tertiary/aromatic N) is 2. The summed E-state index contributed by atoms with van der Waals surface area (Å²) < 4.78 is 0. The minimum atomic E-state index is -0.0304. The molecule has 0 saturated carbocycles. The van der Waals surface area contributed by atoms with Crippen molar-refractivity contribution < 1.29 is 9.90 Å². The maximum absolute atomic E-state index is 13.2. The number of likely N-dealkylation sites (tertiary alicyclic amines) is 1. The van der Waals surface area contributed by atoms with E-state index in [4.69, 9.17) is 16.9 Å². The van der Waals surface area contributed by atoms with Crippen LogP contribution >= 0.6 is 11.6 Å². The minimum Gasteiger partial charge on any atom is -0.396 e. The second-order valence-corrected chi connectivity index (χ2v) is 7.45. The van der Waals surface area contributed by atoms with Crippen molar-refractivity contribution in [3.05, 3.63) is 64.2 Å². The smallest absolute Gasteiger partial charge is 0.256 e. The van der Waals surface area contributed by atoms with Crippen LogP contribution in [0.3, 0.4) is 0 Å². The van der Waals surface area contributed by atoms with Crippen LogP contribution in [0, 0.1) is 11.3 Å². The van der Waals surface area contributed by atoms with Gasteiger partial charge in [0.15, 0.2) is 0 Å². The fourth-order valence-electron chi connectivity index (χ4n) is 3.62. The topological polar surface area (TPSA) is 76.4 Å². The first kappa shape index (κ1) is 20.2. The van der Waals surface area contributed by atoms with Gasteiger partial charge >= 0.3 is 0 Å². The molecule has 6 heteroatoms. The zero-order chi connectivity index (χ0) is 19.9. The first-order chi connectivity index (χ1) is 13.6. The highest BCUT2D eigenvalue weighted by molar-refractivity contribution is 6.31. The third kappa shape index (κ3) is 4.83. The number of aliphatic hydroxyl groups is 1. The molecule has 1 heterocycles. The first-order valence-electron chi connectivity index (χ1n) is 9.56. The van der Waals surface area contributed by atoms with Crippen LogP contribution in [0.2, 0.25) is 5.02 Å². The van der Waals surface area contributed by atoms with Crippen LogP contribution in [0.25, 0.3) is 0 Å². The summed E-state index contributed by atoms with van der Waals surface area (Å²) in [4.78, 5) is 15.1. The van der Waals surface area contributed by atoms with Gasteiger partial charge in [0.05, 0.1) is 17.2 Å². The highest BCUT2D eigenvalue weighted by Crippen LogP contribution is 2.27. The molecule has 3 rings (SSSR count). The molecule has 0 spiro atoms. The van der Waals surface area contributed by atoms with Gasteiger partial charge in [-0.3, -0.25) is 4.79 Å². The van der Waals surface area contributed by atoms with E-state index in [0.29, 0.717) is 41.3 Å². The molecule has 0 unspecified atom stereocenters. The molecule has 2 aromatic rings. The minimum absolute atomic E-state index is 0.0304. The van der Waals surface area contributed by atoms with E-state index in [2.05, 4.69) is 11.4 Å². The van der Waals surface area contributed by atoms with Gasteiger partial charge in [0.25, 0.3) is 5.91 Å². The number of nitrogens with one attached hydrogen (secondary N) is 1. The standard InChI is InChI=1S/C22H24ClN3O2/c23-18-8-9-20(22(28)26-11-2-1-3-19(26)10-12-27)21(13-18)25-15-17-6-4-16(14-24)5-7-17/h4-9,13,19,25,27H,1-3,10-12,15H2/t19-/m0/s1. The van der Waals surface area contributed by atoms with Crippen molar-refractivity contribution in [3.63, 3.8) is 0 Å². The number of aliphatic hydroxyl groups excluding tert-OH is 1. The fraction of sp³-hybridized carbons (Fsp3) is 0.364. The number of piperidine rings is 1. The van der Waals surface area contributed by atoms with Gasteiger partial charge in [-0.2, -0.15) is 5.26 Å². The number of hydrogen-bond acceptors (Lipinski definition) is 4. The molecule has 0 aromatic heterocycles. The summed E-state index contributed by atoms with van der Waals surface area (Å²) in [6.07, 6.45) is 3.59. The van der Waals surface area contributed by atoms with E-state index in [1.807, 2.05) is 17.0 Å². The number of amides is 1. The second-order valence-electron chi connectivity index (χ2n) is 7.01. The Morgan fingerprint density at radius 1 is 1.25 bits per heavy atom. The normalized spacial score (nSPS) is 16.5. The Morgan fingerprint density at radius 2 is 2.04 bits per heavy atom. The fourth-order valence-corrected chi connectivity index (χ4v) is 3.79. The lowest BCUT2D eigenvalue weighted by Crippen LogP contribution is -2.44. The van der Waals surface area contributed by atoms with Crippen LogP contribution in [-0.2, 0) is 6.54 Å². The van der Waals surface area contributed by atoms with Gasteiger partial charge < -0.3 is 15.3 Å². The Balaban J connectivity index is 1.79. The van der Waals surface area contributed by atoms with Crippen molar-refractivity contribution in [2.24, 2.45) is 0 Å². The number of rotatable bonds is 6. The molecule has 2 aromatic carbocycles. The Hall–Kier alpha value is -2.55. The number of carbonyl (C=O) groups excluding carboxylic acids is 1. The Kier molecular flexibility index (Phi) is 6.91. The van der Waals surface area contributed by atoms with Crippen LogP contribution in [0.5, 0.6) is 0 Å². The molecule has 5 nitrogen and oxygen atoms in total. The van der Waals surface area contributed by atoms with Crippen molar-refractivity contribution in [1.29, 1.82) is 5.26 Å². The Bertz CT molecular complexity index is 859. The van der Waals surface area contributed by atoms with Gasteiger partial charge in [0.2, 0.25) is 0 Å². The van der Waals surface area contributed by atoms with Gasteiger partial charge in [-0.25, -0.2) is 0 Å². The van der Waals surface area contributed by atoms with Crippen LogP contribution in [0.1, 0.15) is 47.2 Å². The third-order valence-corrected chi connectivity index (χ3v) is 5.36. The molecule has 1 aliphatic heterocycles. The maximum atomic E-state index is 13.2. The summed E-state index contributed by atoms with van der Waals surface area (Å²) in [5, 5.41) is 22.1. The van der Waals surface area contributed by atoms with E-state index >= 15 is 0 Å². The molecule has 1 amide bonds. The highest BCUT2D eigenvalue weighted by Gasteiger charge is 2.28. The van der Waals surface area contributed by atoms with E-state index in [0.717, 1.165) is 24.8 Å². The molecule has 0 radical (unpaired) electrons. The average Bonchev–Trinajstić information content (AvgIpc) is 2.73. The largest absolute Gasteiger partial charge is 0.396 e. The van der Waals surface area contributed by atoms with Crippen molar-refractivity contribution >= 4 is 23.2 Å². The predicted molar refractivity (Wildman–Crippen MR) is 110 cm³/mol. The molecule has 28 heavy (non-hydrogen) atoms. The first-order valence-corrected chi connectivity index (χ1v) is 9.94. The molecular formula is C22H24ClN3O2. The summed E-state index contributed by atoms with van der Waals surface area (Å²) in [5.74, 6) is -0.0304. The van der Waals surface area contributed by atoms with Gasteiger partial charge in [-0.1, -0.05) is 23.7 Å². The van der Waals surface area contributed by atoms with Gasteiger partial charge in [0.1, 0.15) is 0 Å². The molecule has 0 aliphatic carbocycles. The molecule has 0 bridgehead atoms. The SMILES string of the molecule is N#Cc1ccc(CNc2cc(Cl)ccc2C(=O)N2CCCC[C@H]2CCO)cc1. The molecule has 1 fully saturated rings. The van der Waals surface area contributed by atoms with Crippen LogP contribution in [0.15, 0.2) is 42.5 Å². The summed E-state index contributed by atoms with van der Waals surface area (Å²) in [6, 6.07) is 14.8. The van der Waals surface area contributed by atoms with Gasteiger partial charge in [-0.05, 0) is 61.6 Å². The number of carbonyl (C=O) groups is 1. The Labute approximate surface area is 170 Å². The lowest BCUT2D eigenvalue weighted by atomic mass is 9.98. The van der Waals surface area contributed by atoms with Gasteiger partial charge in [-0.15, -0.1) is 0 Å². The van der Waals surface area contributed by atoms with Gasteiger partial charge in [0, 0.05) is 36.4 Å². The molecular weight excluding hydrogens is 374 g/mol. The summed E-state index contributed by atoms with van der Waals surface area (Å²) >= 11 is 6.17. The van der Waals surface area contributed by atoms with Crippen molar-refractivity contribution in [2.75, 3.05) is 18.5 Å². The third-order valence-electron chi connectivity index (χ3n) is 5.13. The average molecular weight is 398 g/mol. The summed E-state index contributed by atoms with van der Waals surface area (Å²) in [5.41, 5.74) is 2.90. The molecule has 1 saturated heterocycles. The summed E-state index contributed by atoms with van der Waals surface area (Å²) in [6.45, 7) is 1.31. The van der Waals surface area contributed by atoms with Crippen molar-refractivity contribution in [3.8, 4) is 6.07 Å². The Morgan fingerprint density at radius 3 is 2.75 bits per heavy atom. The van der Waals surface area contributed by atoms with Crippen molar-refractivity contribution in [2.45, 2.75) is 38.3 Å². The summed E-state index contributed by atoms with van der Waals surface area (Å²) in [7, 11) is 0. The number of halogens is 1. The monoisotopic (exact) mass is 397 g/mol. The lowest BCUT2D eigenvalue weighted by Gasteiger charge is -2.36. The van der Waals surface area contributed by atoms with Crippen molar-refractivity contribution in [1.82, 2.24) is 4.90 Å². The molecule has 1 aliphatic rings. The number of nitriles is 1. The van der Waals surface area contributed by atoms with E-state index < -0.39 is 0 Å². The maximum Gasteiger partial charge on any atom is 0.256 e. The molecule has 146 valence electrons. The van der Waals surface area contributed by atoms with Crippen LogP contribution in [-0.4, -0.2) is 35.1 Å².